The summed E-state index contributed by atoms with van der Waals surface area (Å²) in [5.41, 5.74) is 15.7. The van der Waals surface area contributed by atoms with Gasteiger partial charge in [-0.1, -0.05) is 38.3 Å². The van der Waals surface area contributed by atoms with Crippen LogP contribution in [0, 0.1) is 0 Å². The minimum absolute atomic E-state index is 0.719. The van der Waals surface area contributed by atoms with Gasteiger partial charge in [0.25, 0.3) is 0 Å². The molecule has 7 aromatic rings. The van der Waals surface area contributed by atoms with Crippen LogP contribution < -0.4 is 18.4 Å². The van der Waals surface area contributed by atoms with E-state index in [1.165, 1.54) is 19.3 Å². The van der Waals surface area contributed by atoms with Gasteiger partial charge in [0.2, 0.25) is 0 Å². The fraction of sp³-hybridized carbons (Fsp3) is 0.180. The molecule has 8 bridgehead atoms. The van der Waals surface area contributed by atoms with Crippen molar-refractivity contribution in [1.82, 2.24) is 19.9 Å². The van der Waals surface area contributed by atoms with E-state index >= 15 is 0 Å². The number of pyridine rings is 3. The Labute approximate surface area is 339 Å². The van der Waals surface area contributed by atoms with E-state index in [1.807, 2.05) is 25.7 Å². The summed E-state index contributed by atoms with van der Waals surface area (Å²) < 4.78 is 12.3. The minimum Gasteiger partial charge on any atom is -0.494 e. The number of aromatic nitrogens is 7. The first-order valence-electron chi connectivity index (χ1n) is 20.2. The first-order valence-corrected chi connectivity index (χ1v) is 20.2. The number of ether oxygens (including phenoxy) is 1. The van der Waals surface area contributed by atoms with Crippen molar-refractivity contribution in [2.45, 2.75) is 32.6 Å². The Kier molecular flexibility index (Phi) is 10.1. The molecule has 8 nitrogen and oxygen atoms in total. The fourth-order valence-electron chi connectivity index (χ4n) is 7.86. The van der Waals surface area contributed by atoms with E-state index in [4.69, 9.17) is 14.7 Å². The molecule has 1 aromatic carbocycles. The lowest BCUT2D eigenvalue weighted by atomic mass is 10.0. The fourth-order valence-corrected chi connectivity index (χ4v) is 7.86. The summed E-state index contributed by atoms with van der Waals surface area (Å²) in [4.78, 5) is 18.6. The van der Waals surface area contributed by atoms with Crippen LogP contribution in [0.2, 0.25) is 0 Å². The van der Waals surface area contributed by atoms with E-state index in [0.29, 0.717) is 0 Å². The van der Waals surface area contributed by atoms with E-state index in [1.54, 1.807) is 0 Å². The topological polar surface area (TPSA) is 78.2 Å². The molecule has 0 saturated heterocycles. The number of aryl methyl sites for hydroxylation is 3. The number of benzene rings is 1. The van der Waals surface area contributed by atoms with Crippen LogP contribution in [0.5, 0.6) is 5.75 Å². The lowest BCUT2D eigenvalue weighted by Crippen LogP contribution is -2.25. The van der Waals surface area contributed by atoms with Gasteiger partial charge in [-0.15, -0.1) is 0 Å². The molecule has 9 rings (SSSR count). The number of H-pyrrole nitrogens is 2. The molecule has 0 spiro atoms. The number of rotatable bonds is 10. The summed E-state index contributed by atoms with van der Waals surface area (Å²) in [6.07, 6.45) is 25.7. The molecule has 0 aliphatic carbocycles. The number of unbranched alkanes of at least 4 members (excludes halogenated alkanes) is 3. The third-order valence-electron chi connectivity index (χ3n) is 11.0. The molecule has 0 radical (unpaired) electrons. The highest BCUT2D eigenvalue weighted by Gasteiger charge is 2.20. The molecule has 0 atom stereocenters. The predicted molar refractivity (Wildman–Crippen MR) is 234 cm³/mol. The quantitative estimate of drug-likeness (QED) is 0.108. The van der Waals surface area contributed by atoms with Crippen molar-refractivity contribution in [2.75, 3.05) is 6.61 Å². The molecule has 58 heavy (non-hydrogen) atoms. The van der Waals surface area contributed by atoms with Gasteiger partial charge >= 0.3 is 0 Å². The maximum atomic E-state index is 6.17. The second kappa shape index (κ2) is 15.9. The van der Waals surface area contributed by atoms with Crippen LogP contribution in [0.3, 0.4) is 0 Å². The van der Waals surface area contributed by atoms with Gasteiger partial charge < -0.3 is 14.7 Å². The Morgan fingerprint density at radius 1 is 0.431 bits per heavy atom. The van der Waals surface area contributed by atoms with Gasteiger partial charge in [-0.05, 0) is 89.4 Å². The molecule has 0 fully saturated rings. The molecular formula is C50H48N7O+3. The van der Waals surface area contributed by atoms with Crippen LogP contribution in [0.25, 0.3) is 90.9 Å². The molecule has 8 heteroatoms. The Morgan fingerprint density at radius 2 is 0.810 bits per heavy atom. The van der Waals surface area contributed by atoms with Gasteiger partial charge in [0, 0.05) is 80.7 Å². The zero-order chi connectivity index (χ0) is 39.6. The van der Waals surface area contributed by atoms with Crippen molar-refractivity contribution in [3.63, 3.8) is 0 Å². The summed E-state index contributed by atoms with van der Waals surface area (Å²) in [6.45, 7) is 2.95. The first-order chi connectivity index (χ1) is 28.4. The average Bonchev–Trinajstić information content (AvgIpc) is 4.08. The molecule has 0 unspecified atom stereocenters. The van der Waals surface area contributed by atoms with Crippen molar-refractivity contribution >= 4 is 46.4 Å². The zero-order valence-corrected chi connectivity index (χ0v) is 33.5. The van der Waals surface area contributed by atoms with Crippen molar-refractivity contribution in [2.24, 2.45) is 21.1 Å². The van der Waals surface area contributed by atoms with E-state index in [9.17, 15) is 0 Å². The van der Waals surface area contributed by atoms with E-state index < -0.39 is 0 Å². The number of hydrogen-bond donors (Lipinski definition) is 2. The standard InChI is InChI=1S/C50H47N7O/c1-5-6-7-8-33-58-38-11-9-34(10-12-38)47-39-13-15-41(51-39)48(35-21-27-55(2)28-22-35)43-17-19-45(53-43)50(37-25-31-57(4)32-26-37)46-20-18-44(54-46)49(42-16-14-40(47)52-42)36-23-29-56(3)30-24-36/h9-32H,5-8,33H2,1-4H3,(H,51,52,53,54)/q+2/p+1. The van der Waals surface area contributed by atoms with Crippen molar-refractivity contribution in [3.05, 3.63) is 145 Å². The van der Waals surface area contributed by atoms with Crippen LogP contribution in [0.15, 0.2) is 122 Å². The number of fused-ring (bicyclic) bond motifs is 8. The summed E-state index contributed by atoms with van der Waals surface area (Å²) >= 11 is 0. The summed E-state index contributed by atoms with van der Waals surface area (Å²) in [6, 6.07) is 30.1. The van der Waals surface area contributed by atoms with Crippen LogP contribution in [-0.2, 0) is 21.1 Å². The molecule has 286 valence electrons. The maximum Gasteiger partial charge on any atom is 0.169 e. The highest BCUT2D eigenvalue weighted by Crippen LogP contribution is 2.38. The van der Waals surface area contributed by atoms with Gasteiger partial charge in [-0.2, -0.15) is 0 Å². The summed E-state index contributed by atoms with van der Waals surface area (Å²) in [5.74, 6) is 0.874. The average molecular weight is 763 g/mol. The van der Waals surface area contributed by atoms with Crippen LogP contribution in [0.4, 0.5) is 0 Å². The van der Waals surface area contributed by atoms with Crippen molar-refractivity contribution < 1.29 is 18.4 Å². The normalized spacial score (nSPS) is 12.0. The Bertz CT molecular complexity index is 2850. The molecule has 0 amide bonds. The Balaban J connectivity index is 1.35. The van der Waals surface area contributed by atoms with E-state index in [-0.39, 0.29) is 0 Å². The number of aromatic amines is 2. The molecule has 2 aliphatic rings. The monoisotopic (exact) mass is 762 g/mol. The largest absolute Gasteiger partial charge is 0.494 e. The maximum absolute atomic E-state index is 6.17. The molecule has 6 aromatic heterocycles. The van der Waals surface area contributed by atoms with Gasteiger partial charge in [0.05, 0.1) is 29.4 Å². The van der Waals surface area contributed by atoms with Crippen molar-refractivity contribution in [1.29, 1.82) is 0 Å². The van der Waals surface area contributed by atoms with Gasteiger partial charge in [-0.3, -0.25) is 0 Å². The third-order valence-corrected chi connectivity index (χ3v) is 11.0. The predicted octanol–water partition coefficient (Wildman–Crippen LogP) is 9.76. The Hall–Kier alpha value is -6.93. The van der Waals surface area contributed by atoms with Crippen molar-refractivity contribution in [3.8, 4) is 50.3 Å². The van der Waals surface area contributed by atoms with E-state index in [2.05, 4.69) is 172 Å². The smallest absolute Gasteiger partial charge is 0.169 e. The number of nitrogens with one attached hydrogen (secondary N) is 2. The highest BCUT2D eigenvalue weighted by molar-refractivity contribution is 6.00. The molecule has 0 saturated carbocycles. The zero-order valence-electron chi connectivity index (χ0n) is 33.5. The molecule has 2 aliphatic heterocycles. The first kappa shape index (κ1) is 36.7. The SMILES string of the molecule is CCCCCCOc1ccc(-c2c3nc(c(-c4cc[n+](C)cc4)c4nc(c(-c5cc[n+](C)cc5)c5ccc([nH]5)c(-c5cc[n+](C)cc5)c5ccc2[nH]5)C=C4)C=C3)cc1. The number of nitrogens with zero attached hydrogens (tertiary/aromatic N) is 5. The Morgan fingerprint density at radius 3 is 1.26 bits per heavy atom. The van der Waals surface area contributed by atoms with Gasteiger partial charge in [-0.25, -0.2) is 23.7 Å². The molecular weight excluding hydrogens is 715 g/mol. The summed E-state index contributed by atoms with van der Waals surface area (Å²) in [5, 5.41) is 0. The molecule has 8 heterocycles. The summed E-state index contributed by atoms with van der Waals surface area (Å²) in [7, 11) is 6.11. The third kappa shape index (κ3) is 7.37. The second-order valence-corrected chi connectivity index (χ2v) is 15.2. The van der Waals surface area contributed by atoms with Gasteiger partial charge in [0.15, 0.2) is 37.2 Å². The molecule has 2 N–H and O–H groups in total. The minimum atomic E-state index is 0.719. The van der Waals surface area contributed by atoms with Crippen LogP contribution >= 0.6 is 0 Å². The van der Waals surface area contributed by atoms with Crippen LogP contribution in [-0.4, -0.2) is 26.5 Å². The lowest BCUT2D eigenvalue weighted by Gasteiger charge is -2.09. The van der Waals surface area contributed by atoms with Crippen LogP contribution in [0.1, 0.15) is 55.4 Å². The number of hydrogen-bond acceptors (Lipinski definition) is 3. The lowest BCUT2D eigenvalue weighted by molar-refractivity contribution is -0.671. The second-order valence-electron chi connectivity index (χ2n) is 15.2. The highest BCUT2D eigenvalue weighted by atomic mass is 16.5. The van der Waals surface area contributed by atoms with Gasteiger partial charge in [0.1, 0.15) is 26.9 Å². The van der Waals surface area contributed by atoms with E-state index in [0.717, 1.165) is 108 Å².